The van der Waals surface area contributed by atoms with E-state index in [9.17, 15) is 0 Å². The van der Waals surface area contributed by atoms with E-state index in [4.69, 9.17) is 0 Å². The quantitative estimate of drug-likeness (QED) is 0.656. The van der Waals surface area contributed by atoms with E-state index in [2.05, 4.69) is 50.2 Å². The molecule has 1 aromatic carbocycles. The molecule has 76 valence electrons. The summed E-state index contributed by atoms with van der Waals surface area (Å²) in [5.41, 5.74) is 3.08. The van der Waals surface area contributed by atoms with Crippen molar-refractivity contribution in [3.05, 3.63) is 35.4 Å². The number of aryl methyl sites for hydroxylation is 1. The van der Waals surface area contributed by atoms with Gasteiger partial charge >= 0.3 is 0 Å². The first-order valence-corrected chi connectivity index (χ1v) is 5.44. The summed E-state index contributed by atoms with van der Waals surface area (Å²) in [6, 6.07) is 9.49. The molecule has 2 atom stereocenters. The van der Waals surface area contributed by atoms with E-state index in [1.807, 2.05) is 0 Å². The fraction of sp³-hybridized carbons (Fsp3) is 0.538. The zero-order chi connectivity index (χ0) is 10.1. The SMILES string of the molecule is C[C@H]1CCc2ccccc2[C@H]1N(C)C. The second kappa shape index (κ2) is 3.74. The van der Waals surface area contributed by atoms with Crippen LogP contribution in [0.15, 0.2) is 24.3 Å². The van der Waals surface area contributed by atoms with Crippen molar-refractivity contribution in [3.8, 4) is 0 Å². The van der Waals surface area contributed by atoms with Crippen LogP contribution in [0.2, 0.25) is 0 Å². The van der Waals surface area contributed by atoms with Gasteiger partial charge in [-0.05, 0) is 44.0 Å². The minimum Gasteiger partial charge on any atom is -0.302 e. The van der Waals surface area contributed by atoms with Crippen LogP contribution in [0.25, 0.3) is 0 Å². The van der Waals surface area contributed by atoms with Gasteiger partial charge in [-0.15, -0.1) is 0 Å². The van der Waals surface area contributed by atoms with Crippen molar-refractivity contribution in [2.45, 2.75) is 25.8 Å². The van der Waals surface area contributed by atoms with Gasteiger partial charge in [0, 0.05) is 6.04 Å². The van der Waals surface area contributed by atoms with Crippen LogP contribution in [0.5, 0.6) is 0 Å². The lowest BCUT2D eigenvalue weighted by Gasteiger charge is -2.36. The number of hydrogen-bond donors (Lipinski definition) is 0. The molecule has 0 bridgehead atoms. The Morgan fingerprint density at radius 3 is 2.64 bits per heavy atom. The van der Waals surface area contributed by atoms with E-state index in [0.717, 1.165) is 5.92 Å². The van der Waals surface area contributed by atoms with Crippen LogP contribution in [-0.4, -0.2) is 19.0 Å². The Balaban J connectivity index is 2.41. The molecule has 1 aromatic rings. The molecule has 1 nitrogen and oxygen atoms in total. The lowest BCUT2D eigenvalue weighted by atomic mass is 9.80. The molecule has 0 fully saturated rings. The number of rotatable bonds is 1. The molecule has 1 aliphatic carbocycles. The van der Waals surface area contributed by atoms with Crippen molar-refractivity contribution in [3.63, 3.8) is 0 Å². The monoisotopic (exact) mass is 189 g/mol. The molecule has 2 rings (SSSR count). The number of nitrogens with zero attached hydrogens (tertiary/aromatic N) is 1. The smallest absolute Gasteiger partial charge is 0.0370 e. The Morgan fingerprint density at radius 2 is 1.93 bits per heavy atom. The zero-order valence-corrected chi connectivity index (χ0v) is 9.33. The predicted octanol–water partition coefficient (Wildman–Crippen LogP) is 2.87. The third-order valence-electron chi connectivity index (χ3n) is 3.34. The van der Waals surface area contributed by atoms with Gasteiger partial charge in [0.05, 0.1) is 0 Å². The van der Waals surface area contributed by atoms with Gasteiger partial charge in [-0.2, -0.15) is 0 Å². The van der Waals surface area contributed by atoms with E-state index in [1.54, 1.807) is 5.56 Å². The Kier molecular flexibility index (Phi) is 2.60. The van der Waals surface area contributed by atoms with Crippen LogP contribution < -0.4 is 0 Å². The van der Waals surface area contributed by atoms with Crippen LogP contribution in [0.4, 0.5) is 0 Å². The van der Waals surface area contributed by atoms with Gasteiger partial charge in [-0.25, -0.2) is 0 Å². The topological polar surface area (TPSA) is 3.24 Å². The molecule has 1 heteroatoms. The molecule has 0 spiro atoms. The van der Waals surface area contributed by atoms with Crippen molar-refractivity contribution in [1.29, 1.82) is 0 Å². The van der Waals surface area contributed by atoms with E-state index in [0.29, 0.717) is 6.04 Å². The van der Waals surface area contributed by atoms with Gasteiger partial charge in [0.25, 0.3) is 0 Å². The Hall–Kier alpha value is -0.820. The van der Waals surface area contributed by atoms with Gasteiger partial charge < -0.3 is 4.90 Å². The minimum absolute atomic E-state index is 0.611. The van der Waals surface area contributed by atoms with Gasteiger partial charge in [0.15, 0.2) is 0 Å². The summed E-state index contributed by atoms with van der Waals surface area (Å²) in [5, 5.41) is 0. The maximum atomic E-state index is 2.36. The summed E-state index contributed by atoms with van der Waals surface area (Å²) >= 11 is 0. The predicted molar refractivity (Wildman–Crippen MR) is 60.4 cm³/mol. The van der Waals surface area contributed by atoms with E-state index in [1.165, 1.54) is 18.4 Å². The molecule has 0 saturated carbocycles. The molecule has 0 saturated heterocycles. The van der Waals surface area contributed by atoms with E-state index < -0.39 is 0 Å². The molecule has 14 heavy (non-hydrogen) atoms. The van der Waals surface area contributed by atoms with Gasteiger partial charge in [-0.3, -0.25) is 0 Å². The third kappa shape index (κ3) is 1.57. The van der Waals surface area contributed by atoms with Gasteiger partial charge in [0.1, 0.15) is 0 Å². The second-order valence-corrected chi connectivity index (χ2v) is 4.62. The highest BCUT2D eigenvalue weighted by atomic mass is 15.1. The van der Waals surface area contributed by atoms with E-state index >= 15 is 0 Å². The molecule has 0 aliphatic heterocycles. The highest BCUT2D eigenvalue weighted by molar-refractivity contribution is 5.32. The van der Waals surface area contributed by atoms with Gasteiger partial charge in [-0.1, -0.05) is 31.2 Å². The molecule has 1 aliphatic rings. The Labute approximate surface area is 86.7 Å². The molecule has 0 N–H and O–H groups in total. The van der Waals surface area contributed by atoms with Crippen molar-refractivity contribution in [2.24, 2.45) is 5.92 Å². The lowest BCUT2D eigenvalue weighted by Crippen LogP contribution is -2.30. The average molecular weight is 189 g/mol. The summed E-state index contributed by atoms with van der Waals surface area (Å²) < 4.78 is 0. The molecule has 0 unspecified atom stereocenters. The average Bonchev–Trinajstić information content (AvgIpc) is 2.17. The van der Waals surface area contributed by atoms with Gasteiger partial charge in [0.2, 0.25) is 0 Å². The van der Waals surface area contributed by atoms with Crippen molar-refractivity contribution < 1.29 is 0 Å². The van der Waals surface area contributed by atoms with Crippen LogP contribution in [0, 0.1) is 5.92 Å². The largest absolute Gasteiger partial charge is 0.302 e. The fourth-order valence-electron chi connectivity index (χ4n) is 2.69. The summed E-state index contributed by atoms with van der Waals surface area (Å²) in [5.74, 6) is 0.778. The number of hydrogen-bond acceptors (Lipinski definition) is 1. The fourth-order valence-corrected chi connectivity index (χ4v) is 2.69. The zero-order valence-electron chi connectivity index (χ0n) is 9.33. The third-order valence-corrected chi connectivity index (χ3v) is 3.34. The molecular weight excluding hydrogens is 170 g/mol. The summed E-state index contributed by atoms with van der Waals surface area (Å²) in [4.78, 5) is 2.35. The van der Waals surface area contributed by atoms with Crippen LogP contribution in [-0.2, 0) is 6.42 Å². The first-order valence-electron chi connectivity index (χ1n) is 5.44. The van der Waals surface area contributed by atoms with Crippen LogP contribution in [0.3, 0.4) is 0 Å². The summed E-state index contributed by atoms with van der Waals surface area (Å²) in [7, 11) is 4.37. The first kappa shape index (κ1) is 9.72. The molecule has 0 aromatic heterocycles. The van der Waals surface area contributed by atoms with Crippen LogP contribution in [0.1, 0.15) is 30.5 Å². The Bertz CT molecular complexity index is 317. The maximum Gasteiger partial charge on any atom is 0.0370 e. The van der Waals surface area contributed by atoms with Crippen molar-refractivity contribution in [1.82, 2.24) is 4.90 Å². The molecule has 0 heterocycles. The second-order valence-electron chi connectivity index (χ2n) is 4.62. The normalized spacial score (nSPS) is 26.3. The molecule has 0 amide bonds. The van der Waals surface area contributed by atoms with E-state index in [-0.39, 0.29) is 0 Å². The lowest BCUT2D eigenvalue weighted by molar-refractivity contribution is 0.203. The summed E-state index contributed by atoms with van der Waals surface area (Å²) in [6.07, 6.45) is 2.57. The standard InChI is InChI=1S/C13H19N/c1-10-8-9-11-6-4-5-7-12(11)13(10)14(2)3/h4-7,10,13H,8-9H2,1-3H3/t10-,13-/m0/s1. The Morgan fingerprint density at radius 1 is 1.21 bits per heavy atom. The minimum atomic E-state index is 0.611. The highest BCUT2D eigenvalue weighted by Gasteiger charge is 2.27. The first-order chi connectivity index (χ1) is 6.70. The van der Waals surface area contributed by atoms with Crippen molar-refractivity contribution in [2.75, 3.05) is 14.1 Å². The number of fused-ring (bicyclic) bond motifs is 1. The van der Waals surface area contributed by atoms with Crippen LogP contribution >= 0.6 is 0 Å². The van der Waals surface area contributed by atoms with Crippen molar-refractivity contribution >= 4 is 0 Å². The highest BCUT2D eigenvalue weighted by Crippen LogP contribution is 2.36. The maximum absolute atomic E-state index is 2.36. The molecule has 0 radical (unpaired) electrons. The number of benzene rings is 1. The summed E-state index contributed by atoms with van der Waals surface area (Å²) in [6.45, 7) is 2.36. The molecular formula is C13H19N.